The summed E-state index contributed by atoms with van der Waals surface area (Å²) in [6.45, 7) is 9.72. The first kappa shape index (κ1) is 33.9. The molecule has 0 unspecified atom stereocenters. The number of carbonyl (C=O) groups excluding carboxylic acids is 4. The lowest BCUT2D eigenvalue weighted by Gasteiger charge is -2.35. The van der Waals surface area contributed by atoms with Crippen LogP contribution in [-0.2, 0) is 43.1 Å². The first-order valence-corrected chi connectivity index (χ1v) is 17.5. The fourth-order valence-corrected chi connectivity index (χ4v) is 7.99. The Bertz CT molecular complexity index is 1440. The van der Waals surface area contributed by atoms with E-state index in [9.17, 15) is 33.5 Å². The summed E-state index contributed by atoms with van der Waals surface area (Å²) in [5.74, 6) is -2.03. The summed E-state index contributed by atoms with van der Waals surface area (Å²) >= 11 is 0. The zero-order valence-electron chi connectivity index (χ0n) is 26.7. The van der Waals surface area contributed by atoms with Gasteiger partial charge in [-0.3, -0.25) is 19.1 Å². The molecule has 3 heterocycles. The van der Waals surface area contributed by atoms with Crippen LogP contribution in [0.15, 0.2) is 30.9 Å². The average Bonchev–Trinajstić information content (AvgIpc) is 3.30. The van der Waals surface area contributed by atoms with E-state index in [1.54, 1.807) is 25.7 Å². The quantitative estimate of drug-likeness (QED) is 0.278. The number of ether oxygens (including phenoxy) is 2. The van der Waals surface area contributed by atoms with Gasteiger partial charge in [0, 0.05) is 25.4 Å². The molecule has 4 amide bonds. The first-order chi connectivity index (χ1) is 21.6. The van der Waals surface area contributed by atoms with Gasteiger partial charge in [-0.15, -0.1) is 6.58 Å². The van der Waals surface area contributed by atoms with Crippen LogP contribution < -0.4 is 10.6 Å². The van der Waals surface area contributed by atoms with Crippen molar-refractivity contribution in [1.82, 2.24) is 20.4 Å². The molecule has 46 heavy (non-hydrogen) atoms. The van der Waals surface area contributed by atoms with Gasteiger partial charge in [0.05, 0.1) is 13.2 Å². The minimum absolute atomic E-state index is 0.00111. The van der Waals surface area contributed by atoms with Crippen LogP contribution >= 0.6 is 7.60 Å². The summed E-state index contributed by atoms with van der Waals surface area (Å²) in [5.41, 5.74) is 2.53. The van der Waals surface area contributed by atoms with Crippen LogP contribution in [0.4, 0.5) is 9.59 Å². The number of nitrogens with one attached hydrogen (secondary N) is 2. The van der Waals surface area contributed by atoms with Crippen LogP contribution in [0.3, 0.4) is 0 Å². The standard InChI is InChI=1S/C32H45N4O9P/c1-5-22-16-32(22,46(41,42)43)34-27(37)25-15-23-18-36(25)28(38)26(31(2,3)4)33-29(39)44-14-9-7-6-8-11-20-12-10-13-21-17-35(19-24(20)21)30(40)45-23/h5,10,12-13,22-23,25-26H,1,6-9,11,14-19H2,2-4H3,(H,33,39)(H,34,37)(H2,41,42,43)/t22-,23-,25+,26-,32+/m1/s1. The summed E-state index contributed by atoms with van der Waals surface area (Å²) in [4.78, 5) is 77.2. The molecule has 4 bridgehead atoms. The third-order valence-electron chi connectivity index (χ3n) is 9.53. The maximum absolute atomic E-state index is 14.2. The smallest absolute Gasteiger partial charge is 0.410 e. The minimum atomic E-state index is -4.80. The molecule has 0 radical (unpaired) electrons. The monoisotopic (exact) mass is 660 g/mol. The Morgan fingerprint density at radius 3 is 2.52 bits per heavy atom. The van der Waals surface area contributed by atoms with Crippen LogP contribution in [0.5, 0.6) is 0 Å². The van der Waals surface area contributed by atoms with Crippen molar-refractivity contribution in [3.05, 3.63) is 47.5 Å². The van der Waals surface area contributed by atoms with Crippen molar-refractivity contribution in [3.63, 3.8) is 0 Å². The van der Waals surface area contributed by atoms with Gasteiger partial charge in [-0.1, -0.05) is 57.9 Å². The number of hydrogen-bond donors (Lipinski definition) is 4. The van der Waals surface area contributed by atoms with Gasteiger partial charge in [-0.25, -0.2) is 9.59 Å². The Morgan fingerprint density at radius 2 is 1.85 bits per heavy atom. The fourth-order valence-electron chi connectivity index (χ4n) is 6.76. The largest absolute Gasteiger partial charge is 0.450 e. The number of alkyl carbamates (subject to hydrolysis) is 1. The summed E-state index contributed by atoms with van der Waals surface area (Å²) in [6, 6.07) is 3.72. The Hall–Kier alpha value is -3.41. The molecule has 4 aliphatic rings. The van der Waals surface area contributed by atoms with Crippen molar-refractivity contribution in [2.75, 3.05) is 13.2 Å². The van der Waals surface area contributed by atoms with Crippen molar-refractivity contribution in [2.45, 2.75) is 102 Å². The molecular formula is C32H45N4O9P. The van der Waals surface area contributed by atoms with Gasteiger partial charge < -0.3 is 34.8 Å². The minimum Gasteiger partial charge on any atom is -0.450 e. The first-order valence-electron chi connectivity index (χ1n) is 15.9. The Kier molecular flexibility index (Phi) is 9.59. The number of aryl methyl sites for hydroxylation is 1. The topological polar surface area (TPSA) is 175 Å². The van der Waals surface area contributed by atoms with Crippen LogP contribution in [0, 0.1) is 11.3 Å². The van der Waals surface area contributed by atoms with Gasteiger partial charge in [0.15, 0.2) is 0 Å². The second kappa shape index (κ2) is 13.0. The normalized spacial score (nSPS) is 29.4. The lowest BCUT2D eigenvalue weighted by atomic mass is 9.85. The summed E-state index contributed by atoms with van der Waals surface area (Å²) < 4.78 is 23.7. The van der Waals surface area contributed by atoms with E-state index in [-0.39, 0.29) is 26.0 Å². The second-order valence-electron chi connectivity index (χ2n) is 13.9. The van der Waals surface area contributed by atoms with Crippen LogP contribution in [0.1, 0.15) is 76.0 Å². The van der Waals surface area contributed by atoms with E-state index < -0.39 is 66.4 Å². The van der Waals surface area contributed by atoms with Gasteiger partial charge in [0.25, 0.3) is 0 Å². The number of hydrogen-bond acceptors (Lipinski definition) is 7. The number of nitrogens with zero attached hydrogens (tertiary/aromatic N) is 2. The van der Waals surface area contributed by atoms with Gasteiger partial charge in [-0.05, 0) is 47.8 Å². The molecule has 1 saturated carbocycles. The average molecular weight is 661 g/mol. The molecular weight excluding hydrogens is 615 g/mol. The maximum atomic E-state index is 14.2. The van der Waals surface area contributed by atoms with Crippen molar-refractivity contribution in [2.24, 2.45) is 11.3 Å². The van der Waals surface area contributed by atoms with Gasteiger partial charge >= 0.3 is 19.8 Å². The van der Waals surface area contributed by atoms with E-state index in [2.05, 4.69) is 23.3 Å². The van der Waals surface area contributed by atoms with Crippen molar-refractivity contribution < 1.29 is 43.0 Å². The van der Waals surface area contributed by atoms with E-state index in [4.69, 9.17) is 9.47 Å². The van der Waals surface area contributed by atoms with Gasteiger partial charge in [-0.2, -0.15) is 0 Å². The summed E-state index contributed by atoms with van der Waals surface area (Å²) in [5, 5.41) is 3.37. The molecule has 14 heteroatoms. The predicted molar refractivity (Wildman–Crippen MR) is 167 cm³/mol. The highest BCUT2D eigenvalue weighted by atomic mass is 31.2. The molecule has 252 valence electrons. The highest BCUT2D eigenvalue weighted by Gasteiger charge is 2.66. The molecule has 5 rings (SSSR count). The van der Waals surface area contributed by atoms with E-state index in [1.165, 1.54) is 16.5 Å². The molecule has 0 spiro atoms. The van der Waals surface area contributed by atoms with Crippen molar-refractivity contribution >= 4 is 31.6 Å². The predicted octanol–water partition coefficient (Wildman–Crippen LogP) is 3.56. The number of carbonyl (C=O) groups is 4. The fraction of sp³-hybridized carbons (Fsp3) is 0.625. The lowest BCUT2D eigenvalue weighted by molar-refractivity contribution is -0.142. The third-order valence-corrected chi connectivity index (χ3v) is 11.2. The zero-order valence-corrected chi connectivity index (χ0v) is 27.6. The SMILES string of the molecule is C=C[C@@H]1C[C@]1(NC(=O)[C@@H]1C[C@@H]2CN1C(=O)[C@H](C(C)(C)C)NC(=O)OCCCCCCc1cccc3c1CN(C3)C(=O)O2)P(=O)(O)O. The molecule has 2 fully saturated rings. The third kappa shape index (κ3) is 6.96. The van der Waals surface area contributed by atoms with Crippen molar-refractivity contribution in [1.29, 1.82) is 0 Å². The van der Waals surface area contributed by atoms with Gasteiger partial charge in [0.2, 0.25) is 11.8 Å². The molecule has 1 aliphatic carbocycles. The molecule has 5 atom stereocenters. The summed E-state index contributed by atoms with van der Waals surface area (Å²) in [6.07, 6.45) is 3.35. The Balaban J connectivity index is 1.43. The van der Waals surface area contributed by atoms with E-state index in [1.807, 2.05) is 12.1 Å². The second-order valence-corrected chi connectivity index (χ2v) is 15.8. The number of benzene rings is 1. The molecule has 3 aliphatic heterocycles. The van der Waals surface area contributed by atoms with Crippen molar-refractivity contribution in [3.8, 4) is 0 Å². The highest BCUT2D eigenvalue weighted by Crippen LogP contribution is 2.67. The molecule has 1 saturated heterocycles. The number of amides is 4. The highest BCUT2D eigenvalue weighted by molar-refractivity contribution is 7.54. The zero-order chi connectivity index (χ0) is 33.4. The van der Waals surface area contributed by atoms with E-state index in [0.29, 0.717) is 19.5 Å². The molecule has 1 aromatic rings. The molecule has 13 nitrogen and oxygen atoms in total. The number of fused-ring (bicyclic) bond motifs is 3. The van der Waals surface area contributed by atoms with Crippen LogP contribution in [0.2, 0.25) is 0 Å². The molecule has 4 N–H and O–H groups in total. The maximum Gasteiger partial charge on any atom is 0.410 e. The summed E-state index contributed by atoms with van der Waals surface area (Å²) in [7, 11) is -4.80. The van der Waals surface area contributed by atoms with Crippen LogP contribution in [-0.4, -0.2) is 80.2 Å². The number of cyclic esters (lactones) is 1. The Labute approximate surface area is 269 Å². The van der Waals surface area contributed by atoms with E-state index in [0.717, 1.165) is 36.8 Å². The number of rotatable bonds is 4. The molecule has 0 aromatic heterocycles. The van der Waals surface area contributed by atoms with E-state index >= 15 is 0 Å². The molecule has 1 aromatic carbocycles. The lowest BCUT2D eigenvalue weighted by Crippen LogP contribution is -2.58. The van der Waals surface area contributed by atoms with Crippen LogP contribution in [0.25, 0.3) is 0 Å². The van der Waals surface area contributed by atoms with Gasteiger partial charge in [0.1, 0.15) is 23.5 Å². The Morgan fingerprint density at radius 1 is 1.13 bits per heavy atom.